The molecule has 0 fully saturated rings. The van der Waals surface area contributed by atoms with Crippen LogP contribution in [0.15, 0.2) is 0 Å². The van der Waals surface area contributed by atoms with Crippen LogP contribution in [0, 0.1) is 23.7 Å². The van der Waals surface area contributed by atoms with E-state index in [-0.39, 0.29) is 40.4 Å². The predicted octanol–water partition coefficient (Wildman–Crippen LogP) is 2.78. The van der Waals surface area contributed by atoms with Crippen LogP contribution in [0.4, 0.5) is 0 Å². The molecule has 5 nitrogen and oxygen atoms in total. The standard InChI is InChI=1S/C16H29BrO5/c1-9(2)11(15(19)21-5)7-13(17)14(18)8-12(10(3)4)16(20)22-6/h9-14,18H,7-8H2,1-6H3/t11-,12-,13?,14-/m0/s1. The highest BCUT2D eigenvalue weighted by Gasteiger charge is 2.32. The van der Waals surface area contributed by atoms with Gasteiger partial charge >= 0.3 is 11.9 Å². The van der Waals surface area contributed by atoms with Gasteiger partial charge in [-0.25, -0.2) is 0 Å². The Labute approximate surface area is 141 Å². The Kier molecular flexibility index (Phi) is 9.92. The Morgan fingerprint density at radius 2 is 1.27 bits per heavy atom. The van der Waals surface area contributed by atoms with Crippen molar-refractivity contribution < 1.29 is 24.2 Å². The maximum Gasteiger partial charge on any atom is 0.309 e. The molecule has 0 aliphatic heterocycles. The van der Waals surface area contributed by atoms with Gasteiger partial charge in [-0.3, -0.25) is 9.59 Å². The number of halogens is 1. The summed E-state index contributed by atoms with van der Waals surface area (Å²) in [5, 5.41) is 10.4. The quantitative estimate of drug-likeness (QED) is 0.491. The fraction of sp³-hybridized carbons (Fsp3) is 0.875. The summed E-state index contributed by atoms with van der Waals surface area (Å²) in [5.74, 6) is -1.07. The number of methoxy groups -OCH3 is 2. The molecule has 0 radical (unpaired) electrons. The van der Waals surface area contributed by atoms with Crippen LogP contribution in [0.3, 0.4) is 0 Å². The van der Waals surface area contributed by atoms with Crippen molar-refractivity contribution in [3.8, 4) is 0 Å². The number of aliphatic hydroxyl groups is 1. The molecule has 0 amide bonds. The Morgan fingerprint density at radius 1 is 0.909 bits per heavy atom. The van der Waals surface area contributed by atoms with E-state index in [4.69, 9.17) is 9.47 Å². The van der Waals surface area contributed by atoms with E-state index in [0.29, 0.717) is 12.8 Å². The van der Waals surface area contributed by atoms with E-state index < -0.39 is 6.10 Å². The third kappa shape index (κ3) is 6.65. The smallest absolute Gasteiger partial charge is 0.309 e. The van der Waals surface area contributed by atoms with Crippen molar-refractivity contribution in [2.75, 3.05) is 14.2 Å². The number of carbonyl (C=O) groups excluding carboxylic acids is 2. The first-order valence-electron chi connectivity index (χ1n) is 7.63. The van der Waals surface area contributed by atoms with Crippen molar-refractivity contribution in [1.29, 1.82) is 0 Å². The molecule has 4 atom stereocenters. The highest BCUT2D eigenvalue weighted by atomic mass is 79.9. The third-order valence-corrected chi connectivity index (χ3v) is 4.99. The molecule has 0 bridgehead atoms. The lowest BCUT2D eigenvalue weighted by Crippen LogP contribution is -2.34. The Bertz CT molecular complexity index is 322. The summed E-state index contributed by atoms with van der Waals surface area (Å²) < 4.78 is 9.60. The Hall–Kier alpha value is -0.620. The van der Waals surface area contributed by atoms with Crippen LogP contribution in [0.1, 0.15) is 40.5 Å². The molecule has 0 spiro atoms. The van der Waals surface area contributed by atoms with Gasteiger partial charge in [-0.1, -0.05) is 43.6 Å². The van der Waals surface area contributed by atoms with Crippen molar-refractivity contribution >= 4 is 27.9 Å². The van der Waals surface area contributed by atoms with Crippen LogP contribution >= 0.6 is 15.9 Å². The topological polar surface area (TPSA) is 72.8 Å². The highest BCUT2D eigenvalue weighted by Crippen LogP contribution is 2.28. The van der Waals surface area contributed by atoms with Crippen LogP contribution < -0.4 is 0 Å². The minimum absolute atomic E-state index is 0.0725. The van der Waals surface area contributed by atoms with E-state index in [2.05, 4.69) is 15.9 Å². The monoisotopic (exact) mass is 380 g/mol. The van der Waals surface area contributed by atoms with Gasteiger partial charge in [-0.05, 0) is 24.7 Å². The first-order valence-corrected chi connectivity index (χ1v) is 8.54. The minimum atomic E-state index is -0.739. The molecule has 6 heteroatoms. The molecule has 0 aliphatic carbocycles. The summed E-state index contributed by atoms with van der Waals surface area (Å²) in [6.07, 6.45) is 0.0152. The number of carbonyl (C=O) groups is 2. The molecule has 0 aromatic heterocycles. The maximum absolute atomic E-state index is 11.8. The molecule has 1 unspecified atom stereocenters. The van der Waals surface area contributed by atoms with Gasteiger partial charge in [0.05, 0.1) is 32.2 Å². The van der Waals surface area contributed by atoms with Gasteiger partial charge in [0.2, 0.25) is 0 Å². The molecule has 0 aromatic rings. The number of esters is 2. The average molecular weight is 381 g/mol. The van der Waals surface area contributed by atoms with Crippen molar-refractivity contribution in [2.24, 2.45) is 23.7 Å². The second kappa shape index (κ2) is 10.2. The van der Waals surface area contributed by atoms with Gasteiger partial charge < -0.3 is 14.6 Å². The highest BCUT2D eigenvalue weighted by molar-refractivity contribution is 9.09. The second-order valence-electron chi connectivity index (χ2n) is 6.30. The molecule has 22 heavy (non-hydrogen) atoms. The van der Waals surface area contributed by atoms with E-state index in [1.807, 2.05) is 27.7 Å². The van der Waals surface area contributed by atoms with Crippen LogP contribution in [0.25, 0.3) is 0 Å². The molecule has 0 heterocycles. The Morgan fingerprint density at radius 3 is 1.59 bits per heavy atom. The van der Waals surface area contributed by atoms with Crippen LogP contribution in [-0.2, 0) is 19.1 Å². The van der Waals surface area contributed by atoms with Gasteiger partial charge in [-0.2, -0.15) is 0 Å². The van der Waals surface area contributed by atoms with E-state index in [1.54, 1.807) is 0 Å². The summed E-state index contributed by atoms with van der Waals surface area (Å²) >= 11 is 3.45. The normalized spacial score (nSPS) is 17.0. The molecular weight excluding hydrogens is 352 g/mol. The number of rotatable bonds is 9. The number of aliphatic hydroxyl groups excluding tert-OH is 1. The number of hydrogen-bond acceptors (Lipinski definition) is 5. The lowest BCUT2D eigenvalue weighted by atomic mass is 9.85. The fourth-order valence-corrected chi connectivity index (χ4v) is 3.01. The zero-order chi connectivity index (χ0) is 17.4. The molecule has 130 valence electrons. The molecule has 0 aromatic carbocycles. The first kappa shape index (κ1) is 21.4. The van der Waals surface area contributed by atoms with Crippen LogP contribution in [-0.4, -0.2) is 42.2 Å². The largest absolute Gasteiger partial charge is 0.469 e. The summed E-state index contributed by atoms with van der Waals surface area (Å²) in [4.78, 5) is 23.3. The minimum Gasteiger partial charge on any atom is -0.469 e. The SMILES string of the molecule is COC(=O)[C@@H](CC(Br)[C@@H](O)C[C@H](C(=O)OC)C(C)C)C(C)C. The first-order chi connectivity index (χ1) is 10.1. The number of alkyl halides is 1. The van der Waals surface area contributed by atoms with Crippen LogP contribution in [0.2, 0.25) is 0 Å². The lowest BCUT2D eigenvalue weighted by Gasteiger charge is -2.27. The Balaban J connectivity index is 4.79. The summed E-state index contributed by atoms with van der Waals surface area (Å²) in [6, 6.07) is 0. The summed E-state index contributed by atoms with van der Waals surface area (Å²) in [7, 11) is 2.71. The maximum atomic E-state index is 11.8. The van der Waals surface area contributed by atoms with Gasteiger partial charge in [0.1, 0.15) is 0 Å². The molecule has 0 aliphatic rings. The molecular formula is C16H29BrO5. The zero-order valence-electron chi connectivity index (χ0n) is 14.3. The van der Waals surface area contributed by atoms with Crippen molar-refractivity contribution in [3.63, 3.8) is 0 Å². The van der Waals surface area contributed by atoms with Crippen molar-refractivity contribution in [2.45, 2.75) is 51.5 Å². The number of hydrogen-bond donors (Lipinski definition) is 1. The van der Waals surface area contributed by atoms with E-state index in [1.165, 1.54) is 14.2 Å². The van der Waals surface area contributed by atoms with Crippen LogP contribution in [0.5, 0.6) is 0 Å². The van der Waals surface area contributed by atoms with E-state index in [9.17, 15) is 14.7 Å². The molecule has 0 saturated heterocycles. The third-order valence-electron chi connectivity index (χ3n) is 4.01. The van der Waals surface area contributed by atoms with Gasteiger partial charge in [0, 0.05) is 4.83 Å². The molecule has 1 N–H and O–H groups in total. The van der Waals surface area contributed by atoms with Gasteiger partial charge in [0.15, 0.2) is 0 Å². The summed E-state index contributed by atoms with van der Waals surface area (Å²) in [5.41, 5.74) is 0. The number of ether oxygens (including phenoxy) is 2. The summed E-state index contributed by atoms with van der Waals surface area (Å²) in [6.45, 7) is 7.73. The zero-order valence-corrected chi connectivity index (χ0v) is 15.9. The van der Waals surface area contributed by atoms with Crippen molar-refractivity contribution in [1.82, 2.24) is 0 Å². The predicted molar refractivity (Wildman–Crippen MR) is 88.6 cm³/mol. The molecule has 0 rings (SSSR count). The average Bonchev–Trinajstić information content (AvgIpc) is 2.47. The van der Waals surface area contributed by atoms with Gasteiger partial charge in [0.25, 0.3) is 0 Å². The lowest BCUT2D eigenvalue weighted by molar-refractivity contribution is -0.149. The van der Waals surface area contributed by atoms with Crippen molar-refractivity contribution in [3.05, 3.63) is 0 Å². The van der Waals surface area contributed by atoms with E-state index >= 15 is 0 Å². The molecule has 0 saturated carbocycles. The van der Waals surface area contributed by atoms with Gasteiger partial charge in [-0.15, -0.1) is 0 Å². The van der Waals surface area contributed by atoms with E-state index in [0.717, 1.165) is 0 Å². The second-order valence-corrected chi connectivity index (χ2v) is 7.48. The fourth-order valence-electron chi connectivity index (χ4n) is 2.39.